The van der Waals surface area contributed by atoms with Gasteiger partial charge in [-0.1, -0.05) is 34.1 Å². The lowest BCUT2D eigenvalue weighted by Crippen LogP contribution is -2.47. The molecule has 0 radical (unpaired) electrons. The number of hydrogen-bond acceptors (Lipinski definition) is 2. The summed E-state index contributed by atoms with van der Waals surface area (Å²) in [6.07, 6.45) is 6.83. The Hall–Kier alpha value is -0.0800. The van der Waals surface area contributed by atoms with Crippen molar-refractivity contribution in [3.63, 3.8) is 0 Å². The summed E-state index contributed by atoms with van der Waals surface area (Å²) in [5.41, 5.74) is 0. The first kappa shape index (κ1) is 16.0. The predicted molar refractivity (Wildman–Crippen MR) is 81.0 cm³/mol. The van der Waals surface area contributed by atoms with Gasteiger partial charge in [-0.2, -0.15) is 0 Å². The van der Waals surface area contributed by atoms with E-state index in [0.717, 1.165) is 17.9 Å². The molecule has 2 unspecified atom stereocenters. The van der Waals surface area contributed by atoms with E-state index in [-0.39, 0.29) is 0 Å². The van der Waals surface area contributed by atoms with Gasteiger partial charge in [-0.05, 0) is 50.6 Å². The molecule has 1 rings (SSSR count). The number of rotatable bonds is 8. The maximum absolute atomic E-state index is 3.61. The summed E-state index contributed by atoms with van der Waals surface area (Å²) in [5.74, 6) is 1.68. The van der Waals surface area contributed by atoms with Crippen LogP contribution in [0.1, 0.15) is 59.8 Å². The normalized spacial score (nSPS) is 23.5. The molecule has 1 aliphatic rings. The minimum Gasteiger partial charge on any atom is -0.315 e. The minimum absolute atomic E-state index is 0.792. The lowest BCUT2D eigenvalue weighted by molar-refractivity contribution is 0.121. The van der Waals surface area contributed by atoms with Gasteiger partial charge in [0.2, 0.25) is 0 Å². The highest BCUT2D eigenvalue weighted by atomic mass is 15.2. The largest absolute Gasteiger partial charge is 0.315 e. The second-order valence-corrected chi connectivity index (χ2v) is 6.58. The van der Waals surface area contributed by atoms with Crippen molar-refractivity contribution >= 4 is 0 Å². The van der Waals surface area contributed by atoms with Crippen LogP contribution in [0.3, 0.4) is 0 Å². The highest BCUT2D eigenvalue weighted by molar-refractivity contribution is 4.80. The van der Waals surface area contributed by atoms with Gasteiger partial charge in [-0.25, -0.2) is 0 Å². The van der Waals surface area contributed by atoms with E-state index in [1.54, 1.807) is 0 Å². The van der Waals surface area contributed by atoms with Crippen LogP contribution in [-0.4, -0.2) is 37.1 Å². The highest BCUT2D eigenvalue weighted by Crippen LogP contribution is 2.20. The van der Waals surface area contributed by atoms with Gasteiger partial charge in [0.05, 0.1) is 0 Å². The average molecular weight is 254 g/mol. The average Bonchev–Trinajstić information content (AvgIpc) is 2.30. The SMILES string of the molecule is CCCNCC1CCCCN1CC(C)CC(C)C. The van der Waals surface area contributed by atoms with Gasteiger partial charge in [0, 0.05) is 19.1 Å². The van der Waals surface area contributed by atoms with Crippen LogP contribution in [0.15, 0.2) is 0 Å². The summed E-state index contributed by atoms with van der Waals surface area (Å²) in [7, 11) is 0. The number of hydrogen-bond donors (Lipinski definition) is 1. The van der Waals surface area contributed by atoms with E-state index in [0.29, 0.717) is 0 Å². The Morgan fingerprint density at radius 1 is 1.22 bits per heavy atom. The number of nitrogens with one attached hydrogen (secondary N) is 1. The van der Waals surface area contributed by atoms with Crippen molar-refractivity contribution in [1.29, 1.82) is 0 Å². The summed E-state index contributed by atoms with van der Waals surface area (Å²) in [6, 6.07) is 0.792. The smallest absolute Gasteiger partial charge is 0.0220 e. The second kappa shape index (κ2) is 8.92. The molecule has 0 bridgehead atoms. The third kappa shape index (κ3) is 6.19. The molecule has 2 heteroatoms. The summed E-state index contributed by atoms with van der Waals surface area (Å²) in [5, 5.41) is 3.61. The molecule has 1 heterocycles. The molecule has 1 fully saturated rings. The quantitative estimate of drug-likeness (QED) is 0.667. The minimum atomic E-state index is 0.792. The Morgan fingerprint density at radius 3 is 2.67 bits per heavy atom. The lowest BCUT2D eigenvalue weighted by atomic mass is 9.95. The molecule has 18 heavy (non-hydrogen) atoms. The molecule has 0 aromatic rings. The molecule has 2 atom stereocenters. The van der Waals surface area contributed by atoms with E-state index in [1.807, 2.05) is 0 Å². The standard InChI is InChI=1S/C16H34N2/c1-5-9-17-12-16-8-6-7-10-18(16)13-15(4)11-14(2)3/h14-17H,5-13H2,1-4H3. The molecule has 0 amide bonds. The van der Waals surface area contributed by atoms with Gasteiger partial charge < -0.3 is 5.32 Å². The molecule has 0 aromatic carbocycles. The first-order valence-corrected chi connectivity index (χ1v) is 8.08. The van der Waals surface area contributed by atoms with Gasteiger partial charge in [-0.15, -0.1) is 0 Å². The molecule has 0 saturated carbocycles. The monoisotopic (exact) mass is 254 g/mol. The molecule has 0 aliphatic carbocycles. The number of likely N-dealkylation sites (tertiary alicyclic amines) is 1. The predicted octanol–water partition coefficient (Wildman–Crippen LogP) is 3.52. The van der Waals surface area contributed by atoms with E-state index >= 15 is 0 Å². The molecule has 0 aromatic heterocycles. The zero-order valence-electron chi connectivity index (χ0n) is 13.0. The van der Waals surface area contributed by atoms with E-state index in [2.05, 4.69) is 37.9 Å². The fourth-order valence-electron chi connectivity index (χ4n) is 3.26. The van der Waals surface area contributed by atoms with Crippen molar-refractivity contribution in [2.75, 3.05) is 26.2 Å². The second-order valence-electron chi connectivity index (χ2n) is 6.58. The van der Waals surface area contributed by atoms with Crippen molar-refractivity contribution in [3.8, 4) is 0 Å². The molecular formula is C16H34N2. The molecule has 1 saturated heterocycles. The third-order valence-corrected chi connectivity index (χ3v) is 3.98. The molecule has 1 N–H and O–H groups in total. The Balaban J connectivity index is 2.33. The van der Waals surface area contributed by atoms with E-state index in [1.165, 1.54) is 58.3 Å². The Kier molecular flexibility index (Phi) is 7.92. The van der Waals surface area contributed by atoms with Crippen LogP contribution >= 0.6 is 0 Å². The molecule has 0 spiro atoms. The van der Waals surface area contributed by atoms with Crippen LogP contribution in [0.5, 0.6) is 0 Å². The number of nitrogens with zero attached hydrogens (tertiary/aromatic N) is 1. The van der Waals surface area contributed by atoms with Crippen LogP contribution in [0, 0.1) is 11.8 Å². The number of piperidine rings is 1. The summed E-state index contributed by atoms with van der Waals surface area (Å²) in [6.45, 7) is 14.3. The van der Waals surface area contributed by atoms with Crippen LogP contribution in [0.4, 0.5) is 0 Å². The van der Waals surface area contributed by atoms with Crippen molar-refractivity contribution in [2.45, 2.75) is 65.8 Å². The summed E-state index contributed by atoms with van der Waals surface area (Å²) >= 11 is 0. The van der Waals surface area contributed by atoms with E-state index < -0.39 is 0 Å². The topological polar surface area (TPSA) is 15.3 Å². The van der Waals surface area contributed by atoms with Gasteiger partial charge in [0.25, 0.3) is 0 Å². The highest BCUT2D eigenvalue weighted by Gasteiger charge is 2.23. The van der Waals surface area contributed by atoms with Gasteiger partial charge in [0.15, 0.2) is 0 Å². The fraction of sp³-hybridized carbons (Fsp3) is 1.00. The Bertz CT molecular complexity index is 203. The van der Waals surface area contributed by atoms with E-state index in [9.17, 15) is 0 Å². The molecule has 1 aliphatic heterocycles. The molecule has 2 nitrogen and oxygen atoms in total. The lowest BCUT2D eigenvalue weighted by Gasteiger charge is -2.37. The van der Waals surface area contributed by atoms with Crippen molar-refractivity contribution < 1.29 is 0 Å². The third-order valence-electron chi connectivity index (χ3n) is 3.98. The first-order valence-electron chi connectivity index (χ1n) is 8.08. The Labute approximate surface area is 115 Å². The maximum atomic E-state index is 3.61. The van der Waals surface area contributed by atoms with E-state index in [4.69, 9.17) is 0 Å². The Morgan fingerprint density at radius 2 is 2.00 bits per heavy atom. The first-order chi connectivity index (χ1) is 8.63. The molecule has 108 valence electrons. The van der Waals surface area contributed by atoms with Crippen molar-refractivity contribution in [1.82, 2.24) is 10.2 Å². The van der Waals surface area contributed by atoms with Gasteiger partial charge in [-0.3, -0.25) is 4.90 Å². The van der Waals surface area contributed by atoms with Gasteiger partial charge >= 0.3 is 0 Å². The van der Waals surface area contributed by atoms with Crippen molar-refractivity contribution in [3.05, 3.63) is 0 Å². The van der Waals surface area contributed by atoms with Crippen LogP contribution in [0.25, 0.3) is 0 Å². The fourth-order valence-corrected chi connectivity index (χ4v) is 3.26. The summed E-state index contributed by atoms with van der Waals surface area (Å²) in [4.78, 5) is 2.75. The van der Waals surface area contributed by atoms with Crippen molar-refractivity contribution in [2.24, 2.45) is 11.8 Å². The van der Waals surface area contributed by atoms with Crippen LogP contribution in [-0.2, 0) is 0 Å². The van der Waals surface area contributed by atoms with Crippen LogP contribution < -0.4 is 5.32 Å². The summed E-state index contributed by atoms with van der Waals surface area (Å²) < 4.78 is 0. The molecular weight excluding hydrogens is 220 g/mol. The van der Waals surface area contributed by atoms with Gasteiger partial charge in [0.1, 0.15) is 0 Å². The zero-order valence-corrected chi connectivity index (χ0v) is 13.0. The maximum Gasteiger partial charge on any atom is 0.0220 e. The zero-order chi connectivity index (χ0) is 13.4. The van der Waals surface area contributed by atoms with Crippen LogP contribution in [0.2, 0.25) is 0 Å².